The van der Waals surface area contributed by atoms with E-state index in [4.69, 9.17) is 4.74 Å². The smallest absolute Gasteiger partial charge is 0.191 e. The fraction of sp³-hybridized carbons (Fsp3) is 0.480. The Labute approximate surface area is 200 Å². The second-order valence-electron chi connectivity index (χ2n) is 8.38. The first-order valence-electron chi connectivity index (χ1n) is 11.7. The van der Waals surface area contributed by atoms with Crippen LogP contribution in [0.2, 0.25) is 0 Å². The van der Waals surface area contributed by atoms with Gasteiger partial charge in [-0.1, -0.05) is 30.8 Å². The molecule has 3 heterocycles. The zero-order valence-electron chi connectivity index (χ0n) is 20.0. The molecule has 1 aliphatic heterocycles. The van der Waals surface area contributed by atoms with Gasteiger partial charge in [0.1, 0.15) is 5.82 Å². The average molecular weight is 468 g/mol. The SMILES string of the molecule is CCc1ccc(-n2c(C)cc(C(=O)CSc3nnc(CN4CCOCC4)n3CC)c2C)cc1. The first-order valence-corrected chi connectivity index (χ1v) is 12.7. The fourth-order valence-electron chi connectivity index (χ4n) is 4.35. The summed E-state index contributed by atoms with van der Waals surface area (Å²) in [4.78, 5) is 15.5. The number of nitrogens with zero attached hydrogens (tertiary/aromatic N) is 5. The molecule has 3 aromatic rings. The van der Waals surface area contributed by atoms with Gasteiger partial charge in [-0.3, -0.25) is 9.69 Å². The molecule has 0 amide bonds. The number of carbonyl (C=O) groups excluding carboxylic acids is 1. The maximum atomic E-state index is 13.1. The number of rotatable bonds is 9. The molecular weight excluding hydrogens is 434 g/mol. The van der Waals surface area contributed by atoms with Crippen LogP contribution in [0.25, 0.3) is 5.69 Å². The van der Waals surface area contributed by atoms with E-state index in [0.29, 0.717) is 5.75 Å². The lowest BCUT2D eigenvalue weighted by atomic mass is 10.1. The lowest BCUT2D eigenvalue weighted by Crippen LogP contribution is -2.36. The zero-order valence-corrected chi connectivity index (χ0v) is 20.8. The van der Waals surface area contributed by atoms with Gasteiger partial charge in [-0.05, 0) is 51.0 Å². The molecule has 1 fully saturated rings. The largest absolute Gasteiger partial charge is 0.379 e. The summed E-state index contributed by atoms with van der Waals surface area (Å²) in [6.07, 6.45) is 1.02. The summed E-state index contributed by atoms with van der Waals surface area (Å²) < 4.78 is 9.71. The van der Waals surface area contributed by atoms with E-state index in [0.717, 1.165) is 79.4 Å². The predicted octanol–water partition coefficient (Wildman–Crippen LogP) is 4.08. The summed E-state index contributed by atoms with van der Waals surface area (Å²) in [7, 11) is 0. The number of hydrogen-bond donors (Lipinski definition) is 0. The monoisotopic (exact) mass is 467 g/mol. The first-order chi connectivity index (χ1) is 16.0. The molecule has 0 unspecified atom stereocenters. The molecule has 0 bridgehead atoms. The van der Waals surface area contributed by atoms with Gasteiger partial charge >= 0.3 is 0 Å². The molecule has 1 saturated heterocycles. The van der Waals surface area contributed by atoms with Crippen molar-refractivity contribution in [3.8, 4) is 5.69 Å². The second-order valence-corrected chi connectivity index (χ2v) is 9.33. The summed E-state index contributed by atoms with van der Waals surface area (Å²) >= 11 is 1.47. The highest BCUT2D eigenvalue weighted by Gasteiger charge is 2.20. The number of aryl methyl sites for hydroxylation is 2. The van der Waals surface area contributed by atoms with E-state index in [9.17, 15) is 4.79 Å². The van der Waals surface area contributed by atoms with Gasteiger partial charge < -0.3 is 13.9 Å². The summed E-state index contributed by atoms with van der Waals surface area (Å²) in [5, 5.41) is 9.61. The van der Waals surface area contributed by atoms with Gasteiger partial charge in [0.25, 0.3) is 0 Å². The minimum atomic E-state index is 0.116. The molecule has 4 rings (SSSR count). The second kappa shape index (κ2) is 10.7. The van der Waals surface area contributed by atoms with E-state index < -0.39 is 0 Å². The van der Waals surface area contributed by atoms with Gasteiger partial charge in [0, 0.05) is 42.3 Å². The average Bonchev–Trinajstić information content (AvgIpc) is 3.37. The van der Waals surface area contributed by atoms with Crippen LogP contribution >= 0.6 is 11.8 Å². The molecule has 0 spiro atoms. The molecule has 0 radical (unpaired) electrons. The molecule has 0 aliphatic carbocycles. The highest BCUT2D eigenvalue weighted by atomic mass is 32.2. The highest BCUT2D eigenvalue weighted by Crippen LogP contribution is 2.25. The molecule has 176 valence electrons. The van der Waals surface area contributed by atoms with Crippen LogP contribution in [0, 0.1) is 13.8 Å². The Kier molecular flexibility index (Phi) is 7.67. The molecule has 1 aromatic carbocycles. The standard InChI is InChI=1S/C25H33N5O2S/c1-5-20-7-9-21(10-8-20)30-18(3)15-22(19(30)4)23(31)17-33-25-27-26-24(29(25)6-2)16-28-11-13-32-14-12-28/h7-10,15H,5-6,11-14,16-17H2,1-4H3. The lowest BCUT2D eigenvalue weighted by molar-refractivity contribution is 0.0325. The first kappa shape index (κ1) is 23.7. The minimum Gasteiger partial charge on any atom is -0.379 e. The van der Waals surface area contributed by atoms with Crippen molar-refractivity contribution < 1.29 is 9.53 Å². The number of morpholine rings is 1. The summed E-state index contributed by atoms with van der Waals surface area (Å²) in [6.45, 7) is 13.2. The van der Waals surface area contributed by atoms with Crippen molar-refractivity contribution in [1.29, 1.82) is 0 Å². The van der Waals surface area contributed by atoms with Crippen LogP contribution in [0.3, 0.4) is 0 Å². The Balaban J connectivity index is 1.46. The number of thioether (sulfide) groups is 1. The number of carbonyl (C=O) groups is 1. The van der Waals surface area contributed by atoms with Crippen LogP contribution in [0.15, 0.2) is 35.5 Å². The fourth-order valence-corrected chi connectivity index (χ4v) is 5.26. The Morgan fingerprint density at radius 2 is 1.82 bits per heavy atom. The van der Waals surface area contributed by atoms with Crippen LogP contribution in [-0.2, 0) is 24.2 Å². The van der Waals surface area contributed by atoms with E-state index >= 15 is 0 Å². The van der Waals surface area contributed by atoms with E-state index in [-0.39, 0.29) is 5.78 Å². The van der Waals surface area contributed by atoms with E-state index in [2.05, 4.69) is 69.3 Å². The number of ether oxygens (including phenoxy) is 1. The molecule has 7 nitrogen and oxygen atoms in total. The van der Waals surface area contributed by atoms with Crippen molar-refractivity contribution in [1.82, 2.24) is 24.2 Å². The van der Waals surface area contributed by atoms with Crippen LogP contribution < -0.4 is 0 Å². The van der Waals surface area contributed by atoms with Crippen LogP contribution in [0.4, 0.5) is 0 Å². The molecule has 0 saturated carbocycles. The van der Waals surface area contributed by atoms with Crippen LogP contribution in [0.1, 0.15) is 47.0 Å². The maximum absolute atomic E-state index is 13.1. The molecule has 0 atom stereocenters. The van der Waals surface area contributed by atoms with Crippen molar-refractivity contribution in [2.24, 2.45) is 0 Å². The van der Waals surface area contributed by atoms with E-state index in [1.165, 1.54) is 17.3 Å². The Morgan fingerprint density at radius 1 is 1.09 bits per heavy atom. The zero-order chi connectivity index (χ0) is 23.4. The quantitative estimate of drug-likeness (QED) is 0.349. The van der Waals surface area contributed by atoms with Gasteiger partial charge in [0.15, 0.2) is 10.9 Å². The molecule has 2 aromatic heterocycles. The minimum absolute atomic E-state index is 0.116. The molecular formula is C25H33N5O2S. The van der Waals surface area contributed by atoms with Crippen LogP contribution in [0.5, 0.6) is 0 Å². The van der Waals surface area contributed by atoms with Crippen molar-refractivity contribution >= 4 is 17.5 Å². The predicted molar refractivity (Wildman–Crippen MR) is 131 cm³/mol. The van der Waals surface area contributed by atoms with Crippen molar-refractivity contribution in [3.05, 3.63) is 58.7 Å². The number of benzene rings is 1. The summed E-state index contributed by atoms with van der Waals surface area (Å²) in [6, 6.07) is 10.6. The maximum Gasteiger partial charge on any atom is 0.191 e. The van der Waals surface area contributed by atoms with Crippen molar-refractivity contribution in [2.75, 3.05) is 32.1 Å². The Hall–Kier alpha value is -2.42. The highest BCUT2D eigenvalue weighted by molar-refractivity contribution is 7.99. The summed E-state index contributed by atoms with van der Waals surface area (Å²) in [5.41, 5.74) is 5.21. The van der Waals surface area contributed by atoms with Crippen molar-refractivity contribution in [2.45, 2.75) is 52.4 Å². The normalized spacial score (nSPS) is 14.7. The topological polar surface area (TPSA) is 65.2 Å². The van der Waals surface area contributed by atoms with Gasteiger partial charge in [-0.2, -0.15) is 0 Å². The summed E-state index contributed by atoms with van der Waals surface area (Å²) in [5.74, 6) is 1.40. The number of aromatic nitrogens is 4. The van der Waals surface area contributed by atoms with E-state index in [1.54, 1.807) is 0 Å². The van der Waals surface area contributed by atoms with Crippen LogP contribution in [-0.4, -0.2) is 62.1 Å². The van der Waals surface area contributed by atoms with Crippen molar-refractivity contribution in [3.63, 3.8) is 0 Å². The third-order valence-electron chi connectivity index (χ3n) is 6.25. The lowest BCUT2D eigenvalue weighted by Gasteiger charge is -2.26. The Bertz CT molecular complexity index is 1100. The van der Waals surface area contributed by atoms with E-state index in [1.807, 2.05) is 13.0 Å². The molecule has 8 heteroatoms. The Morgan fingerprint density at radius 3 is 2.48 bits per heavy atom. The molecule has 1 aliphatic rings. The van der Waals surface area contributed by atoms with Gasteiger partial charge in [0.2, 0.25) is 0 Å². The van der Waals surface area contributed by atoms with Gasteiger partial charge in [0.05, 0.1) is 25.5 Å². The van der Waals surface area contributed by atoms with Gasteiger partial charge in [-0.25, -0.2) is 0 Å². The number of hydrogen-bond acceptors (Lipinski definition) is 6. The van der Waals surface area contributed by atoms with Gasteiger partial charge in [-0.15, -0.1) is 10.2 Å². The molecule has 0 N–H and O–H groups in total. The number of Topliss-reactive ketones (excluding diaryl/α,β-unsaturated/α-hetero) is 1. The number of ketones is 1. The molecule has 33 heavy (non-hydrogen) atoms. The third-order valence-corrected chi connectivity index (χ3v) is 7.21. The third kappa shape index (κ3) is 5.23.